The quantitative estimate of drug-likeness (QED) is 0.801. The van der Waals surface area contributed by atoms with E-state index in [2.05, 4.69) is 26.1 Å². The van der Waals surface area contributed by atoms with Crippen molar-refractivity contribution < 1.29 is 19.1 Å². The number of ether oxygens (including phenoxy) is 1. The van der Waals surface area contributed by atoms with Gasteiger partial charge in [0.15, 0.2) is 0 Å². The Kier molecular flexibility index (Phi) is 5.73. The molecule has 1 heterocycles. The van der Waals surface area contributed by atoms with E-state index < -0.39 is 11.9 Å². The molecule has 1 unspecified atom stereocenters. The van der Waals surface area contributed by atoms with E-state index in [1.165, 1.54) is 12.7 Å². The summed E-state index contributed by atoms with van der Waals surface area (Å²) in [6, 6.07) is 14.4. The highest BCUT2D eigenvalue weighted by molar-refractivity contribution is 6.04. The van der Waals surface area contributed by atoms with E-state index in [0.29, 0.717) is 16.9 Å². The normalized spacial score (nSPS) is 16.6. The number of nitrogens with zero attached hydrogens (tertiary/aromatic N) is 1. The zero-order chi connectivity index (χ0) is 21.2. The van der Waals surface area contributed by atoms with Crippen molar-refractivity contribution in [2.45, 2.75) is 32.6 Å². The minimum atomic E-state index is -0.466. The van der Waals surface area contributed by atoms with Crippen molar-refractivity contribution in [2.24, 2.45) is 5.92 Å². The summed E-state index contributed by atoms with van der Waals surface area (Å²) in [5.41, 5.74) is 2.89. The second-order valence-corrected chi connectivity index (χ2v) is 8.26. The Morgan fingerprint density at radius 1 is 1.10 bits per heavy atom. The Hall–Kier alpha value is -3.15. The molecule has 6 heteroatoms. The Morgan fingerprint density at radius 2 is 1.79 bits per heavy atom. The van der Waals surface area contributed by atoms with Gasteiger partial charge >= 0.3 is 5.97 Å². The number of esters is 1. The Morgan fingerprint density at radius 3 is 2.41 bits per heavy atom. The van der Waals surface area contributed by atoms with E-state index in [0.717, 1.165) is 0 Å². The van der Waals surface area contributed by atoms with Gasteiger partial charge in [-0.05, 0) is 41.3 Å². The van der Waals surface area contributed by atoms with Crippen LogP contribution in [0.25, 0.3) is 0 Å². The molecule has 0 radical (unpaired) electrons. The van der Waals surface area contributed by atoms with Gasteiger partial charge in [0.2, 0.25) is 11.8 Å². The van der Waals surface area contributed by atoms with Crippen LogP contribution in [0.4, 0.5) is 11.4 Å². The average molecular weight is 394 g/mol. The molecular weight excluding hydrogens is 368 g/mol. The van der Waals surface area contributed by atoms with Gasteiger partial charge in [-0.25, -0.2) is 4.79 Å². The number of carbonyl (C=O) groups excluding carboxylic acids is 3. The van der Waals surface area contributed by atoms with Crippen LogP contribution in [-0.2, 0) is 19.7 Å². The lowest BCUT2D eigenvalue weighted by Gasteiger charge is -2.19. The van der Waals surface area contributed by atoms with E-state index >= 15 is 0 Å². The number of anilines is 2. The van der Waals surface area contributed by atoms with Crippen molar-refractivity contribution >= 4 is 29.2 Å². The van der Waals surface area contributed by atoms with Gasteiger partial charge in [-0.3, -0.25) is 9.59 Å². The predicted molar refractivity (Wildman–Crippen MR) is 112 cm³/mol. The fourth-order valence-corrected chi connectivity index (χ4v) is 3.35. The number of rotatable bonds is 4. The molecule has 152 valence electrons. The highest BCUT2D eigenvalue weighted by Crippen LogP contribution is 2.28. The zero-order valence-electron chi connectivity index (χ0n) is 17.2. The van der Waals surface area contributed by atoms with Crippen molar-refractivity contribution in [1.29, 1.82) is 0 Å². The SMILES string of the molecule is COC(=O)c1cccc(N2CC(C(=O)Nc3ccc(C(C)(C)C)cc3)CC2=O)c1. The highest BCUT2D eigenvalue weighted by Gasteiger charge is 2.35. The molecule has 2 amide bonds. The van der Waals surface area contributed by atoms with Crippen LogP contribution in [0.5, 0.6) is 0 Å². The molecule has 1 saturated heterocycles. The zero-order valence-corrected chi connectivity index (χ0v) is 17.2. The van der Waals surface area contributed by atoms with Crippen LogP contribution < -0.4 is 10.2 Å². The lowest BCUT2D eigenvalue weighted by molar-refractivity contribution is -0.122. The maximum Gasteiger partial charge on any atom is 0.337 e. The maximum absolute atomic E-state index is 12.7. The topological polar surface area (TPSA) is 75.7 Å². The minimum Gasteiger partial charge on any atom is -0.465 e. The van der Waals surface area contributed by atoms with Crippen LogP contribution in [0.2, 0.25) is 0 Å². The van der Waals surface area contributed by atoms with Gasteiger partial charge in [0, 0.05) is 24.3 Å². The summed E-state index contributed by atoms with van der Waals surface area (Å²) < 4.78 is 4.73. The molecule has 0 spiro atoms. The van der Waals surface area contributed by atoms with Crippen molar-refractivity contribution in [1.82, 2.24) is 0 Å². The second kappa shape index (κ2) is 8.07. The molecule has 2 aromatic carbocycles. The molecule has 29 heavy (non-hydrogen) atoms. The molecular formula is C23H26N2O4. The minimum absolute atomic E-state index is 0.0413. The summed E-state index contributed by atoms with van der Waals surface area (Å²) in [4.78, 5) is 38.4. The summed E-state index contributed by atoms with van der Waals surface area (Å²) in [5.74, 6) is -1.25. The first-order valence-corrected chi connectivity index (χ1v) is 9.59. The number of carbonyl (C=O) groups is 3. The predicted octanol–water partition coefficient (Wildman–Crippen LogP) is 3.76. The van der Waals surface area contributed by atoms with Crippen molar-refractivity contribution in [3.8, 4) is 0 Å². The molecule has 1 aliphatic heterocycles. The summed E-state index contributed by atoms with van der Waals surface area (Å²) in [5, 5.41) is 2.90. The number of amides is 2. The first-order valence-electron chi connectivity index (χ1n) is 9.59. The molecule has 0 saturated carbocycles. The molecule has 3 rings (SSSR count). The van der Waals surface area contributed by atoms with Gasteiger partial charge in [-0.15, -0.1) is 0 Å². The fourth-order valence-electron chi connectivity index (χ4n) is 3.35. The van der Waals surface area contributed by atoms with Crippen molar-refractivity contribution in [2.75, 3.05) is 23.9 Å². The molecule has 0 aliphatic carbocycles. The number of benzene rings is 2. The standard InChI is InChI=1S/C23H26N2O4/c1-23(2,3)17-8-10-18(11-9-17)24-21(27)16-13-20(26)25(14-16)19-7-5-6-15(12-19)22(28)29-4/h5-12,16H,13-14H2,1-4H3,(H,24,27). The highest BCUT2D eigenvalue weighted by atomic mass is 16.5. The average Bonchev–Trinajstić information content (AvgIpc) is 3.09. The van der Waals surface area contributed by atoms with Gasteiger partial charge in [0.25, 0.3) is 0 Å². The maximum atomic E-state index is 12.7. The molecule has 0 aromatic heterocycles. The number of hydrogen-bond donors (Lipinski definition) is 1. The lowest BCUT2D eigenvalue weighted by atomic mass is 9.87. The number of methoxy groups -OCH3 is 1. The van der Waals surface area contributed by atoms with Crippen LogP contribution in [0.3, 0.4) is 0 Å². The molecule has 1 fully saturated rings. The molecule has 6 nitrogen and oxygen atoms in total. The van der Waals surface area contributed by atoms with Gasteiger partial charge in [0.1, 0.15) is 0 Å². The Bertz CT molecular complexity index is 929. The summed E-state index contributed by atoms with van der Waals surface area (Å²) in [6.07, 6.45) is 0.133. The number of nitrogens with one attached hydrogen (secondary N) is 1. The van der Waals surface area contributed by atoms with E-state index in [1.54, 1.807) is 29.2 Å². The smallest absolute Gasteiger partial charge is 0.337 e. The van der Waals surface area contributed by atoms with Gasteiger partial charge < -0.3 is 15.0 Å². The third kappa shape index (κ3) is 4.65. The van der Waals surface area contributed by atoms with E-state index in [1.807, 2.05) is 24.3 Å². The van der Waals surface area contributed by atoms with Gasteiger partial charge in [-0.1, -0.05) is 39.0 Å². The van der Waals surface area contributed by atoms with E-state index in [9.17, 15) is 14.4 Å². The van der Waals surface area contributed by atoms with Crippen LogP contribution >= 0.6 is 0 Å². The van der Waals surface area contributed by atoms with Crippen molar-refractivity contribution in [3.05, 3.63) is 59.7 Å². The van der Waals surface area contributed by atoms with Gasteiger partial charge in [0.05, 0.1) is 18.6 Å². The van der Waals surface area contributed by atoms with Gasteiger partial charge in [-0.2, -0.15) is 0 Å². The summed E-state index contributed by atoms with van der Waals surface area (Å²) in [7, 11) is 1.31. The lowest BCUT2D eigenvalue weighted by Crippen LogP contribution is -2.28. The molecule has 0 bridgehead atoms. The summed E-state index contributed by atoms with van der Waals surface area (Å²) in [6.45, 7) is 6.67. The van der Waals surface area contributed by atoms with Crippen LogP contribution in [0.1, 0.15) is 43.1 Å². The third-order valence-electron chi connectivity index (χ3n) is 5.09. The molecule has 1 atom stereocenters. The Labute approximate surface area is 170 Å². The van der Waals surface area contributed by atoms with Crippen molar-refractivity contribution in [3.63, 3.8) is 0 Å². The van der Waals surface area contributed by atoms with Crippen LogP contribution in [0, 0.1) is 5.92 Å². The molecule has 2 aromatic rings. The van der Waals surface area contributed by atoms with E-state index in [-0.39, 0.29) is 30.2 Å². The fraction of sp³-hybridized carbons (Fsp3) is 0.348. The number of hydrogen-bond acceptors (Lipinski definition) is 4. The summed E-state index contributed by atoms with van der Waals surface area (Å²) >= 11 is 0. The third-order valence-corrected chi connectivity index (χ3v) is 5.09. The molecule has 1 N–H and O–H groups in total. The van der Waals surface area contributed by atoms with Crippen LogP contribution in [0.15, 0.2) is 48.5 Å². The first-order chi connectivity index (χ1) is 13.7. The van der Waals surface area contributed by atoms with E-state index in [4.69, 9.17) is 4.74 Å². The molecule has 1 aliphatic rings. The van der Waals surface area contributed by atoms with Crippen LogP contribution in [-0.4, -0.2) is 31.4 Å². The second-order valence-electron chi connectivity index (χ2n) is 8.26. The monoisotopic (exact) mass is 394 g/mol. The Balaban J connectivity index is 1.68. The largest absolute Gasteiger partial charge is 0.465 e. The first kappa shape index (κ1) is 20.6.